The first-order chi connectivity index (χ1) is 13.0. The van der Waals surface area contributed by atoms with Crippen LogP contribution >= 0.6 is 11.6 Å². The maximum Gasteiger partial charge on any atom is 0.261 e. The van der Waals surface area contributed by atoms with Gasteiger partial charge in [0.2, 0.25) is 0 Å². The highest BCUT2D eigenvalue weighted by Gasteiger charge is 2.18. The topological polar surface area (TPSA) is 75.3 Å². The average Bonchev–Trinajstić information content (AvgIpc) is 2.68. The Balaban J connectivity index is 1.79. The summed E-state index contributed by atoms with van der Waals surface area (Å²) < 4.78 is 27.6. The van der Waals surface area contributed by atoms with E-state index < -0.39 is 15.9 Å². The molecule has 5 nitrogen and oxygen atoms in total. The Kier molecular flexibility index (Phi) is 5.78. The van der Waals surface area contributed by atoms with Crippen LogP contribution in [0, 0.1) is 0 Å². The number of hydrogen-bond donors (Lipinski definition) is 2. The number of halogens is 1. The Bertz CT molecular complexity index is 1050. The molecule has 27 heavy (non-hydrogen) atoms. The fourth-order valence-corrected chi connectivity index (χ4v) is 3.79. The van der Waals surface area contributed by atoms with Crippen molar-refractivity contribution in [3.05, 3.63) is 95.0 Å². The van der Waals surface area contributed by atoms with Gasteiger partial charge in [-0.3, -0.25) is 9.52 Å². The van der Waals surface area contributed by atoms with Crippen LogP contribution < -0.4 is 10.0 Å². The molecular weight excluding hydrogens is 384 g/mol. The van der Waals surface area contributed by atoms with Crippen LogP contribution in [0.2, 0.25) is 5.02 Å². The molecule has 0 spiro atoms. The van der Waals surface area contributed by atoms with Crippen molar-refractivity contribution in [2.75, 3.05) is 4.72 Å². The Hall–Kier alpha value is -2.83. The molecule has 0 aliphatic rings. The van der Waals surface area contributed by atoms with Gasteiger partial charge in [-0.25, -0.2) is 8.42 Å². The van der Waals surface area contributed by atoms with E-state index in [1.807, 2.05) is 12.1 Å². The van der Waals surface area contributed by atoms with Crippen LogP contribution in [0.3, 0.4) is 0 Å². The van der Waals surface area contributed by atoms with Crippen molar-refractivity contribution in [3.8, 4) is 0 Å². The monoisotopic (exact) mass is 400 g/mol. The number of hydrogen-bond acceptors (Lipinski definition) is 3. The number of rotatable bonds is 6. The number of nitrogens with one attached hydrogen (secondary N) is 2. The lowest BCUT2D eigenvalue weighted by Crippen LogP contribution is -2.25. The predicted octanol–water partition coefficient (Wildman–Crippen LogP) is 4.07. The van der Waals surface area contributed by atoms with Crippen molar-refractivity contribution >= 4 is 33.2 Å². The molecule has 0 aromatic heterocycles. The molecule has 0 radical (unpaired) electrons. The molecule has 3 rings (SSSR count). The van der Waals surface area contributed by atoms with Crippen LogP contribution in [0.5, 0.6) is 0 Å². The van der Waals surface area contributed by atoms with Crippen LogP contribution in [0.4, 0.5) is 5.69 Å². The first kappa shape index (κ1) is 18.9. The fourth-order valence-electron chi connectivity index (χ4n) is 2.49. The summed E-state index contributed by atoms with van der Waals surface area (Å²) in [6.07, 6.45) is 0. The highest BCUT2D eigenvalue weighted by molar-refractivity contribution is 7.92. The number of amides is 1. The molecule has 0 aliphatic carbocycles. The number of para-hydroxylation sites is 1. The Morgan fingerprint density at radius 1 is 0.852 bits per heavy atom. The smallest absolute Gasteiger partial charge is 0.261 e. The zero-order valence-corrected chi connectivity index (χ0v) is 15.8. The van der Waals surface area contributed by atoms with E-state index in [4.69, 9.17) is 11.6 Å². The standard InChI is InChI=1S/C20H17ClN2O3S/c21-18-12-6-4-8-15(18)14-22-20(24)17-11-5-7-13-19(17)23-27(25,26)16-9-2-1-3-10-16/h1-13,23H,14H2,(H,22,24). The number of carbonyl (C=O) groups excluding carboxylic acids is 1. The molecule has 0 saturated carbocycles. The third-order valence-electron chi connectivity index (χ3n) is 3.87. The van der Waals surface area contributed by atoms with Gasteiger partial charge < -0.3 is 5.32 Å². The van der Waals surface area contributed by atoms with Crippen LogP contribution in [-0.4, -0.2) is 14.3 Å². The van der Waals surface area contributed by atoms with E-state index in [9.17, 15) is 13.2 Å². The van der Waals surface area contributed by atoms with Crippen molar-refractivity contribution in [1.29, 1.82) is 0 Å². The summed E-state index contributed by atoms with van der Waals surface area (Å²) in [7, 11) is -3.79. The van der Waals surface area contributed by atoms with E-state index in [0.29, 0.717) is 5.02 Å². The zero-order valence-electron chi connectivity index (χ0n) is 14.2. The van der Waals surface area contributed by atoms with Crippen molar-refractivity contribution in [3.63, 3.8) is 0 Å². The molecule has 3 aromatic rings. The minimum Gasteiger partial charge on any atom is -0.348 e. The lowest BCUT2D eigenvalue weighted by Gasteiger charge is -2.13. The van der Waals surface area contributed by atoms with Gasteiger partial charge in [-0.2, -0.15) is 0 Å². The van der Waals surface area contributed by atoms with E-state index in [0.717, 1.165) is 5.56 Å². The predicted molar refractivity (Wildman–Crippen MR) is 106 cm³/mol. The molecule has 3 aromatic carbocycles. The number of sulfonamides is 1. The van der Waals surface area contributed by atoms with E-state index in [2.05, 4.69) is 10.0 Å². The molecule has 7 heteroatoms. The van der Waals surface area contributed by atoms with Crippen molar-refractivity contribution < 1.29 is 13.2 Å². The zero-order chi connectivity index (χ0) is 19.3. The summed E-state index contributed by atoms with van der Waals surface area (Å²) in [6, 6.07) is 21.6. The van der Waals surface area contributed by atoms with Gasteiger partial charge in [0.15, 0.2) is 0 Å². The third kappa shape index (κ3) is 4.67. The molecule has 0 fully saturated rings. The molecule has 138 valence electrons. The molecule has 1 amide bonds. The van der Waals surface area contributed by atoms with Crippen LogP contribution in [0.25, 0.3) is 0 Å². The average molecular weight is 401 g/mol. The molecule has 0 aliphatic heterocycles. The first-order valence-electron chi connectivity index (χ1n) is 8.16. The van der Waals surface area contributed by atoms with Crippen LogP contribution in [0.15, 0.2) is 83.8 Å². The van der Waals surface area contributed by atoms with Gasteiger partial charge >= 0.3 is 0 Å². The Labute approximate surface area is 163 Å². The maximum absolute atomic E-state index is 12.6. The quantitative estimate of drug-likeness (QED) is 0.654. The summed E-state index contributed by atoms with van der Waals surface area (Å²) in [5.41, 5.74) is 1.21. The van der Waals surface area contributed by atoms with Crippen molar-refractivity contribution in [1.82, 2.24) is 5.32 Å². The van der Waals surface area contributed by atoms with Gasteiger partial charge in [0.05, 0.1) is 16.1 Å². The summed E-state index contributed by atoms with van der Waals surface area (Å²) in [5, 5.41) is 3.32. The summed E-state index contributed by atoms with van der Waals surface area (Å²) in [4.78, 5) is 12.7. The summed E-state index contributed by atoms with van der Waals surface area (Å²) in [6.45, 7) is 0.234. The van der Waals surface area contributed by atoms with Gasteiger partial charge in [-0.15, -0.1) is 0 Å². The van der Waals surface area contributed by atoms with Crippen LogP contribution in [-0.2, 0) is 16.6 Å². The van der Waals surface area contributed by atoms with Gasteiger partial charge in [0.25, 0.3) is 15.9 Å². The summed E-state index contributed by atoms with van der Waals surface area (Å²) >= 11 is 6.10. The molecule has 0 unspecified atom stereocenters. The maximum atomic E-state index is 12.6. The van der Waals surface area contributed by atoms with E-state index >= 15 is 0 Å². The number of benzene rings is 3. The second-order valence-electron chi connectivity index (χ2n) is 5.74. The first-order valence-corrected chi connectivity index (χ1v) is 10.0. The molecule has 0 saturated heterocycles. The largest absolute Gasteiger partial charge is 0.348 e. The highest BCUT2D eigenvalue weighted by atomic mass is 35.5. The minimum absolute atomic E-state index is 0.122. The lowest BCUT2D eigenvalue weighted by atomic mass is 10.1. The van der Waals surface area contributed by atoms with Gasteiger partial charge in [0, 0.05) is 11.6 Å². The molecule has 2 N–H and O–H groups in total. The minimum atomic E-state index is -3.79. The Morgan fingerprint density at radius 2 is 1.48 bits per heavy atom. The van der Waals surface area contributed by atoms with Gasteiger partial charge in [0.1, 0.15) is 0 Å². The van der Waals surface area contributed by atoms with Gasteiger partial charge in [-0.05, 0) is 35.9 Å². The molecule has 0 atom stereocenters. The lowest BCUT2D eigenvalue weighted by molar-refractivity contribution is 0.0952. The van der Waals surface area contributed by atoms with Gasteiger partial charge in [-0.1, -0.05) is 60.1 Å². The number of anilines is 1. The summed E-state index contributed by atoms with van der Waals surface area (Å²) in [5.74, 6) is -0.402. The second kappa shape index (κ2) is 8.24. The number of carbonyl (C=O) groups is 1. The second-order valence-corrected chi connectivity index (χ2v) is 7.83. The van der Waals surface area contributed by atoms with E-state index in [1.54, 1.807) is 54.6 Å². The molecular formula is C20H17ClN2O3S. The molecule has 0 heterocycles. The van der Waals surface area contributed by atoms with E-state index in [1.165, 1.54) is 12.1 Å². The normalized spacial score (nSPS) is 11.0. The fraction of sp³-hybridized carbons (Fsp3) is 0.0500. The van der Waals surface area contributed by atoms with Crippen LogP contribution in [0.1, 0.15) is 15.9 Å². The SMILES string of the molecule is O=C(NCc1ccccc1Cl)c1ccccc1NS(=O)(=O)c1ccccc1. The van der Waals surface area contributed by atoms with Crippen molar-refractivity contribution in [2.45, 2.75) is 11.4 Å². The molecule has 0 bridgehead atoms. The Morgan fingerprint density at radius 3 is 2.22 bits per heavy atom. The highest BCUT2D eigenvalue weighted by Crippen LogP contribution is 2.21. The third-order valence-corrected chi connectivity index (χ3v) is 5.62. The van der Waals surface area contributed by atoms with E-state index in [-0.39, 0.29) is 22.7 Å². The van der Waals surface area contributed by atoms with Crippen molar-refractivity contribution in [2.24, 2.45) is 0 Å².